The summed E-state index contributed by atoms with van der Waals surface area (Å²) in [5.74, 6) is 0.799. The van der Waals surface area contributed by atoms with Crippen LogP contribution in [0, 0.1) is 6.92 Å². The van der Waals surface area contributed by atoms with Crippen molar-refractivity contribution >= 4 is 11.3 Å². The summed E-state index contributed by atoms with van der Waals surface area (Å²) in [6.07, 6.45) is 0.517. The fraction of sp³-hybridized carbons (Fsp3) is 0.375. The summed E-state index contributed by atoms with van der Waals surface area (Å²) >= 11 is 1.76. The highest BCUT2D eigenvalue weighted by molar-refractivity contribution is 7.09. The van der Waals surface area contributed by atoms with E-state index in [2.05, 4.69) is 22.8 Å². The molecule has 4 heteroatoms. The zero-order valence-electron chi connectivity index (χ0n) is 11.7. The van der Waals surface area contributed by atoms with Crippen molar-refractivity contribution in [2.24, 2.45) is 0 Å². The van der Waals surface area contributed by atoms with Crippen LogP contribution in [0.15, 0.2) is 41.8 Å². The normalized spacial score (nSPS) is 12.3. The van der Waals surface area contributed by atoms with Crippen molar-refractivity contribution in [1.82, 2.24) is 5.32 Å². The lowest BCUT2D eigenvalue weighted by molar-refractivity contribution is 0.106. The molecule has 1 unspecified atom stereocenters. The Morgan fingerprint density at radius 2 is 2.05 bits per heavy atom. The van der Waals surface area contributed by atoms with Crippen molar-refractivity contribution in [3.8, 4) is 5.75 Å². The van der Waals surface area contributed by atoms with E-state index >= 15 is 0 Å². The molecule has 2 aromatic rings. The lowest BCUT2D eigenvalue weighted by Gasteiger charge is -2.13. The average molecular weight is 291 g/mol. The maximum atomic E-state index is 9.84. The number of nitrogens with one attached hydrogen (secondary N) is 1. The third-order valence-corrected chi connectivity index (χ3v) is 3.91. The first kappa shape index (κ1) is 15.0. The molecule has 1 aromatic carbocycles. The van der Waals surface area contributed by atoms with Crippen LogP contribution in [0.2, 0.25) is 0 Å². The molecule has 3 nitrogen and oxygen atoms in total. The first-order valence-electron chi connectivity index (χ1n) is 6.84. The molecule has 2 N–H and O–H groups in total. The maximum Gasteiger partial charge on any atom is 0.119 e. The minimum Gasteiger partial charge on any atom is -0.491 e. The zero-order chi connectivity index (χ0) is 14.2. The summed E-state index contributed by atoms with van der Waals surface area (Å²) in [6.45, 7) is 3.78. The third kappa shape index (κ3) is 5.33. The monoisotopic (exact) mass is 291 g/mol. The molecule has 0 spiro atoms. The van der Waals surface area contributed by atoms with Crippen LogP contribution in [0.1, 0.15) is 10.4 Å². The van der Waals surface area contributed by atoms with Crippen molar-refractivity contribution in [3.05, 3.63) is 52.2 Å². The molecule has 0 aliphatic heterocycles. The predicted molar refractivity (Wildman–Crippen MR) is 83.6 cm³/mol. The number of thiophene rings is 1. The van der Waals surface area contributed by atoms with Gasteiger partial charge in [-0.3, -0.25) is 0 Å². The van der Waals surface area contributed by atoms with Crippen molar-refractivity contribution in [3.63, 3.8) is 0 Å². The average Bonchev–Trinajstić information content (AvgIpc) is 2.96. The number of benzene rings is 1. The zero-order valence-corrected chi connectivity index (χ0v) is 12.5. The second-order valence-electron chi connectivity index (χ2n) is 4.81. The molecule has 20 heavy (non-hydrogen) atoms. The summed E-state index contributed by atoms with van der Waals surface area (Å²) in [5.41, 5.74) is 1.20. The Morgan fingerprint density at radius 3 is 2.75 bits per heavy atom. The van der Waals surface area contributed by atoms with E-state index < -0.39 is 6.10 Å². The Hall–Kier alpha value is -1.36. The second-order valence-corrected chi connectivity index (χ2v) is 5.84. The van der Waals surface area contributed by atoms with Crippen LogP contribution in [0.5, 0.6) is 5.75 Å². The quantitative estimate of drug-likeness (QED) is 0.735. The van der Waals surface area contributed by atoms with Crippen molar-refractivity contribution in [1.29, 1.82) is 0 Å². The summed E-state index contributed by atoms with van der Waals surface area (Å²) in [7, 11) is 0. The van der Waals surface area contributed by atoms with Crippen LogP contribution in [0.4, 0.5) is 0 Å². The van der Waals surface area contributed by atoms with E-state index in [0.717, 1.165) is 18.7 Å². The van der Waals surface area contributed by atoms with Crippen LogP contribution in [0.25, 0.3) is 0 Å². The van der Waals surface area contributed by atoms with Gasteiger partial charge in [-0.1, -0.05) is 23.8 Å². The Morgan fingerprint density at radius 1 is 1.25 bits per heavy atom. The first-order chi connectivity index (χ1) is 9.74. The van der Waals surface area contributed by atoms with E-state index in [1.165, 1.54) is 10.4 Å². The number of hydrogen-bond donors (Lipinski definition) is 2. The minimum atomic E-state index is -0.486. The standard InChI is InChI=1S/C16H21NO2S/c1-13-4-6-15(7-5-13)19-12-14(18)11-17-9-8-16-3-2-10-20-16/h2-7,10,14,17-18H,8-9,11-12H2,1H3. The molecule has 1 heterocycles. The highest BCUT2D eigenvalue weighted by Gasteiger charge is 2.05. The molecule has 0 radical (unpaired) electrons. The van der Waals surface area contributed by atoms with Gasteiger partial charge in [-0.05, 0) is 36.9 Å². The van der Waals surface area contributed by atoms with Gasteiger partial charge in [-0.25, -0.2) is 0 Å². The van der Waals surface area contributed by atoms with E-state index in [9.17, 15) is 5.11 Å². The number of aryl methyl sites for hydroxylation is 1. The van der Waals surface area contributed by atoms with Gasteiger partial charge in [0.25, 0.3) is 0 Å². The summed E-state index contributed by atoms with van der Waals surface area (Å²) in [5, 5.41) is 15.2. The van der Waals surface area contributed by atoms with E-state index in [0.29, 0.717) is 13.2 Å². The number of aliphatic hydroxyl groups excluding tert-OH is 1. The van der Waals surface area contributed by atoms with E-state index in [-0.39, 0.29) is 0 Å². The molecule has 0 aliphatic carbocycles. The van der Waals surface area contributed by atoms with Gasteiger partial charge in [0.2, 0.25) is 0 Å². The first-order valence-corrected chi connectivity index (χ1v) is 7.72. The topological polar surface area (TPSA) is 41.5 Å². The fourth-order valence-electron chi connectivity index (χ4n) is 1.82. The number of rotatable bonds is 8. The Bertz CT molecular complexity index is 482. The molecule has 1 atom stereocenters. The number of ether oxygens (including phenoxy) is 1. The maximum absolute atomic E-state index is 9.84. The molecule has 0 aliphatic rings. The van der Waals surface area contributed by atoms with E-state index in [1.807, 2.05) is 31.2 Å². The van der Waals surface area contributed by atoms with Gasteiger partial charge in [-0.2, -0.15) is 0 Å². The van der Waals surface area contributed by atoms with Crippen LogP contribution in [-0.2, 0) is 6.42 Å². The van der Waals surface area contributed by atoms with Gasteiger partial charge in [0.1, 0.15) is 18.5 Å². The van der Waals surface area contributed by atoms with Gasteiger partial charge < -0.3 is 15.2 Å². The van der Waals surface area contributed by atoms with E-state index in [4.69, 9.17) is 4.74 Å². The summed E-state index contributed by atoms with van der Waals surface area (Å²) in [4.78, 5) is 1.36. The highest BCUT2D eigenvalue weighted by Crippen LogP contribution is 2.11. The molecule has 108 valence electrons. The third-order valence-electron chi connectivity index (χ3n) is 2.97. The van der Waals surface area contributed by atoms with Gasteiger partial charge in [0.05, 0.1) is 0 Å². The molecular weight excluding hydrogens is 270 g/mol. The predicted octanol–water partition coefficient (Wildman–Crippen LogP) is 2.63. The molecule has 0 saturated carbocycles. The summed E-state index contributed by atoms with van der Waals surface area (Å²) < 4.78 is 5.54. The molecule has 0 fully saturated rings. The largest absolute Gasteiger partial charge is 0.491 e. The summed E-state index contributed by atoms with van der Waals surface area (Å²) in [6, 6.07) is 12.0. The van der Waals surface area contributed by atoms with Crippen LogP contribution in [-0.4, -0.2) is 30.9 Å². The smallest absolute Gasteiger partial charge is 0.119 e. The van der Waals surface area contributed by atoms with E-state index in [1.54, 1.807) is 11.3 Å². The van der Waals surface area contributed by atoms with Crippen LogP contribution < -0.4 is 10.1 Å². The molecule has 2 rings (SSSR count). The van der Waals surface area contributed by atoms with Gasteiger partial charge in [-0.15, -0.1) is 11.3 Å². The molecule has 0 bridgehead atoms. The Kier molecular flexibility index (Phi) is 6.05. The Labute approximate surface area is 124 Å². The van der Waals surface area contributed by atoms with Gasteiger partial charge in [0, 0.05) is 18.0 Å². The number of aliphatic hydroxyl groups is 1. The lowest BCUT2D eigenvalue weighted by atomic mass is 10.2. The van der Waals surface area contributed by atoms with Crippen molar-refractivity contribution < 1.29 is 9.84 Å². The minimum absolute atomic E-state index is 0.315. The molecule has 1 aromatic heterocycles. The van der Waals surface area contributed by atoms with Crippen LogP contribution >= 0.6 is 11.3 Å². The SMILES string of the molecule is Cc1ccc(OCC(O)CNCCc2cccs2)cc1. The second kappa shape index (κ2) is 8.04. The fourth-order valence-corrected chi connectivity index (χ4v) is 2.53. The Balaban J connectivity index is 1.58. The van der Waals surface area contributed by atoms with Crippen LogP contribution in [0.3, 0.4) is 0 Å². The molecular formula is C16H21NO2S. The lowest BCUT2D eigenvalue weighted by Crippen LogP contribution is -2.32. The highest BCUT2D eigenvalue weighted by atomic mass is 32.1. The molecule has 0 saturated heterocycles. The van der Waals surface area contributed by atoms with Crippen molar-refractivity contribution in [2.75, 3.05) is 19.7 Å². The van der Waals surface area contributed by atoms with Gasteiger partial charge in [0.15, 0.2) is 0 Å². The number of hydrogen-bond acceptors (Lipinski definition) is 4. The van der Waals surface area contributed by atoms with Gasteiger partial charge >= 0.3 is 0 Å². The molecule has 0 amide bonds. The van der Waals surface area contributed by atoms with Crippen molar-refractivity contribution in [2.45, 2.75) is 19.4 Å².